The van der Waals surface area contributed by atoms with Crippen LogP contribution in [0.1, 0.15) is 13.3 Å². The van der Waals surface area contributed by atoms with Crippen LogP contribution in [0, 0.1) is 6.42 Å². The Labute approximate surface area is 32.5 Å². The largest absolute Gasteiger partial charge is 0.0847 e. The lowest BCUT2D eigenvalue weighted by atomic mass is 10.0. The molecule has 0 spiro atoms. The zero-order valence-corrected chi connectivity index (χ0v) is 3.36. The molecule has 27 valence electrons. The van der Waals surface area contributed by atoms with Gasteiger partial charge in [-0.05, 0) is 19.8 Å². The first-order valence-corrected chi connectivity index (χ1v) is 1.89. The van der Waals surface area contributed by atoms with E-state index in [4.69, 9.17) is 0 Å². The molecule has 0 saturated carbocycles. The highest BCUT2D eigenvalue weighted by molar-refractivity contribution is 5.21. The van der Waals surface area contributed by atoms with Gasteiger partial charge in [-0.25, -0.2) is 0 Å². The van der Waals surface area contributed by atoms with Crippen LogP contribution < -0.4 is 0 Å². The van der Waals surface area contributed by atoms with Gasteiger partial charge in [0.25, 0.3) is 0 Å². The Bertz CT molecular complexity index is 60.4. The average molecular weight is 67.1 g/mol. The van der Waals surface area contributed by atoms with Gasteiger partial charge in [0, 0.05) is 0 Å². The minimum Gasteiger partial charge on any atom is -0.0847 e. The third kappa shape index (κ3) is 0.344. The summed E-state index contributed by atoms with van der Waals surface area (Å²) in [5.41, 5.74) is 1.44. The second-order valence-electron chi connectivity index (χ2n) is 1.39. The summed E-state index contributed by atoms with van der Waals surface area (Å²) < 4.78 is 0. The van der Waals surface area contributed by atoms with Gasteiger partial charge in [-0.1, -0.05) is 11.6 Å². The van der Waals surface area contributed by atoms with Gasteiger partial charge in [-0.3, -0.25) is 0 Å². The Kier molecular flexibility index (Phi) is 0.503. The molecule has 0 nitrogen and oxygen atoms in total. The minimum atomic E-state index is 1.20. The lowest BCUT2D eigenvalue weighted by molar-refractivity contribution is 1.09. The number of rotatable bonds is 0. The molecule has 1 aliphatic rings. The Morgan fingerprint density at radius 3 is 2.20 bits per heavy atom. The Morgan fingerprint density at radius 2 is 2.20 bits per heavy atom. The molecule has 1 radical (unpaired) electrons. The van der Waals surface area contributed by atoms with Crippen LogP contribution in [0.4, 0.5) is 0 Å². The Morgan fingerprint density at radius 1 is 1.80 bits per heavy atom. The third-order valence-corrected chi connectivity index (χ3v) is 0.880. The first-order chi connectivity index (χ1) is 2.39. The van der Waals surface area contributed by atoms with E-state index in [1.807, 2.05) is 0 Å². The predicted molar refractivity (Wildman–Crippen MR) is 22.7 cm³/mol. The second kappa shape index (κ2) is 0.852. The molecular formula is C5H7. The van der Waals surface area contributed by atoms with Gasteiger partial charge < -0.3 is 0 Å². The van der Waals surface area contributed by atoms with Gasteiger partial charge in [0.05, 0.1) is 0 Å². The van der Waals surface area contributed by atoms with Crippen molar-refractivity contribution in [2.24, 2.45) is 0 Å². The monoisotopic (exact) mass is 67.1 g/mol. The normalized spacial score (nSPS) is 20.6. The molecule has 1 rings (SSSR count). The highest BCUT2D eigenvalue weighted by Gasteiger charge is 1.95. The maximum absolute atomic E-state index is 2.21. The molecule has 0 aromatic carbocycles. The van der Waals surface area contributed by atoms with E-state index in [-0.39, 0.29) is 0 Å². The van der Waals surface area contributed by atoms with Crippen molar-refractivity contribution in [2.75, 3.05) is 0 Å². The molecule has 0 aromatic rings. The van der Waals surface area contributed by atoms with Gasteiger partial charge in [0.15, 0.2) is 0 Å². The maximum Gasteiger partial charge on any atom is -0.0103 e. The molecule has 0 bridgehead atoms. The molecule has 0 aliphatic heterocycles. The number of allylic oxidation sites excluding steroid dienone is 2. The van der Waals surface area contributed by atoms with Crippen LogP contribution in [0.15, 0.2) is 11.6 Å². The standard InChI is InChI=1S/C5H7/c1-5-3-2-4-5/h3-4H,2H2,1H3. The molecule has 0 aromatic heterocycles. The van der Waals surface area contributed by atoms with E-state index >= 15 is 0 Å². The van der Waals surface area contributed by atoms with Crippen molar-refractivity contribution in [2.45, 2.75) is 13.3 Å². The Hall–Kier alpha value is -0.260. The van der Waals surface area contributed by atoms with Crippen LogP contribution >= 0.6 is 0 Å². The molecule has 5 heavy (non-hydrogen) atoms. The van der Waals surface area contributed by atoms with Crippen molar-refractivity contribution in [1.29, 1.82) is 0 Å². The molecule has 0 amide bonds. The fourth-order valence-corrected chi connectivity index (χ4v) is 0.354. The van der Waals surface area contributed by atoms with E-state index in [1.54, 1.807) is 0 Å². The molecule has 1 aliphatic carbocycles. The van der Waals surface area contributed by atoms with Gasteiger partial charge in [-0.2, -0.15) is 0 Å². The topological polar surface area (TPSA) is 0 Å². The highest BCUT2D eigenvalue weighted by atomic mass is 14.0. The Balaban J connectivity index is 2.51. The molecule has 0 heterocycles. The molecule has 0 unspecified atom stereocenters. The van der Waals surface area contributed by atoms with E-state index in [0.29, 0.717) is 0 Å². The van der Waals surface area contributed by atoms with Crippen LogP contribution in [-0.4, -0.2) is 0 Å². The zero-order chi connectivity index (χ0) is 3.70. The van der Waals surface area contributed by atoms with Crippen molar-refractivity contribution in [3.8, 4) is 0 Å². The summed E-state index contributed by atoms with van der Waals surface area (Å²) in [6.07, 6.45) is 5.62. The fourth-order valence-electron chi connectivity index (χ4n) is 0.354. The van der Waals surface area contributed by atoms with E-state index in [9.17, 15) is 0 Å². The van der Waals surface area contributed by atoms with E-state index in [2.05, 4.69) is 19.4 Å². The van der Waals surface area contributed by atoms with Crippen LogP contribution in [0.2, 0.25) is 0 Å². The maximum atomic E-state index is 2.21. The lowest BCUT2D eigenvalue weighted by Crippen LogP contribution is -1.86. The van der Waals surface area contributed by atoms with Crippen molar-refractivity contribution in [1.82, 2.24) is 0 Å². The molecular weight excluding hydrogens is 60.1 g/mol. The van der Waals surface area contributed by atoms with Crippen LogP contribution in [0.25, 0.3) is 0 Å². The van der Waals surface area contributed by atoms with E-state index < -0.39 is 0 Å². The molecule has 0 fully saturated rings. The molecule has 0 atom stereocenters. The van der Waals surface area contributed by atoms with Crippen LogP contribution in [-0.2, 0) is 0 Å². The predicted octanol–water partition coefficient (Wildman–Crippen LogP) is 1.54. The van der Waals surface area contributed by atoms with E-state index in [1.165, 1.54) is 12.0 Å². The van der Waals surface area contributed by atoms with Gasteiger partial charge in [0.1, 0.15) is 0 Å². The number of hydrogen-bond acceptors (Lipinski definition) is 0. The average Bonchev–Trinajstić information content (AvgIpc) is 1.30. The summed E-state index contributed by atoms with van der Waals surface area (Å²) in [6.45, 7) is 2.11. The zero-order valence-electron chi connectivity index (χ0n) is 3.36. The molecule has 0 heteroatoms. The smallest absolute Gasteiger partial charge is 0.0103 e. The molecule has 0 N–H and O–H groups in total. The van der Waals surface area contributed by atoms with Crippen molar-refractivity contribution < 1.29 is 0 Å². The first-order valence-electron chi connectivity index (χ1n) is 1.89. The lowest BCUT2D eigenvalue weighted by Gasteiger charge is -2.04. The van der Waals surface area contributed by atoms with Crippen molar-refractivity contribution in [3.05, 3.63) is 18.1 Å². The summed E-state index contributed by atoms with van der Waals surface area (Å²) in [7, 11) is 0. The van der Waals surface area contributed by atoms with Gasteiger partial charge in [0.2, 0.25) is 0 Å². The van der Waals surface area contributed by atoms with Crippen molar-refractivity contribution in [3.63, 3.8) is 0 Å². The first kappa shape index (κ1) is 2.95. The summed E-state index contributed by atoms with van der Waals surface area (Å²) in [5.74, 6) is 0. The highest BCUT2D eigenvalue weighted by Crippen LogP contribution is 2.13. The minimum absolute atomic E-state index is 1.20. The SMILES string of the molecule is CC1=CC[CH]1. The summed E-state index contributed by atoms with van der Waals surface area (Å²) in [5, 5.41) is 0. The summed E-state index contributed by atoms with van der Waals surface area (Å²) >= 11 is 0. The van der Waals surface area contributed by atoms with Crippen LogP contribution in [0.5, 0.6) is 0 Å². The fraction of sp³-hybridized carbons (Fsp3) is 0.400. The van der Waals surface area contributed by atoms with Gasteiger partial charge >= 0.3 is 0 Å². The summed E-state index contributed by atoms with van der Waals surface area (Å²) in [4.78, 5) is 0. The van der Waals surface area contributed by atoms with Gasteiger partial charge in [-0.15, -0.1) is 0 Å². The molecule has 0 saturated heterocycles. The summed E-state index contributed by atoms with van der Waals surface area (Å²) in [6, 6.07) is 0. The third-order valence-electron chi connectivity index (χ3n) is 0.880. The van der Waals surface area contributed by atoms with Crippen LogP contribution in [0.3, 0.4) is 0 Å². The van der Waals surface area contributed by atoms with Crippen molar-refractivity contribution >= 4 is 0 Å². The quantitative estimate of drug-likeness (QED) is 0.403. The van der Waals surface area contributed by atoms with E-state index in [0.717, 1.165) is 0 Å². The second-order valence-corrected chi connectivity index (χ2v) is 1.39. The number of hydrogen-bond donors (Lipinski definition) is 0.